The molecule has 2 aliphatic carbocycles. The molecule has 1 aliphatic heterocycles. The van der Waals surface area contributed by atoms with Crippen LogP contribution in [0, 0.1) is 5.92 Å². The van der Waals surface area contributed by atoms with Gasteiger partial charge in [-0.25, -0.2) is 0 Å². The van der Waals surface area contributed by atoms with Crippen molar-refractivity contribution in [2.45, 2.75) is 56.9 Å². The predicted molar refractivity (Wildman–Crippen MR) is 92.7 cm³/mol. The molecule has 1 aromatic rings. The molecule has 0 aromatic heterocycles. The van der Waals surface area contributed by atoms with Crippen molar-refractivity contribution in [1.82, 2.24) is 10.2 Å². The van der Waals surface area contributed by atoms with Gasteiger partial charge in [0.05, 0.1) is 0 Å². The van der Waals surface area contributed by atoms with Crippen LogP contribution in [0.15, 0.2) is 24.3 Å². The summed E-state index contributed by atoms with van der Waals surface area (Å²) < 4.78 is 0. The van der Waals surface area contributed by atoms with Gasteiger partial charge >= 0.3 is 0 Å². The molecule has 2 saturated carbocycles. The van der Waals surface area contributed by atoms with Gasteiger partial charge in [-0.1, -0.05) is 31.0 Å². The second kappa shape index (κ2) is 6.64. The maximum absolute atomic E-state index is 13.4. The third kappa shape index (κ3) is 3.30. The Labute approximate surface area is 139 Å². The van der Waals surface area contributed by atoms with Crippen LogP contribution in [0.4, 0.5) is 0 Å². The number of carbonyl (C=O) groups is 1. The Hall–Kier alpha value is -1.35. The number of benzene rings is 1. The maximum Gasteiger partial charge on any atom is 0.254 e. The fourth-order valence-electron chi connectivity index (χ4n) is 4.32. The number of rotatable bonds is 5. The SMILES string of the molecule is O=C(c1ccccc1C1CCCC1)N(CC1CC1)C1CCNC1. The minimum atomic E-state index is 0.285. The molecular weight excluding hydrogens is 284 g/mol. The molecule has 4 rings (SSSR count). The summed E-state index contributed by atoms with van der Waals surface area (Å²) in [7, 11) is 0. The molecule has 0 bridgehead atoms. The second-order valence-electron chi connectivity index (χ2n) is 7.62. The third-order valence-corrected chi connectivity index (χ3v) is 5.87. The molecule has 0 spiro atoms. The summed E-state index contributed by atoms with van der Waals surface area (Å²) in [5.74, 6) is 1.63. The topological polar surface area (TPSA) is 32.3 Å². The van der Waals surface area contributed by atoms with Crippen molar-refractivity contribution < 1.29 is 4.79 Å². The van der Waals surface area contributed by atoms with E-state index in [2.05, 4.69) is 28.4 Å². The van der Waals surface area contributed by atoms with Crippen molar-refractivity contribution in [1.29, 1.82) is 0 Å². The van der Waals surface area contributed by atoms with Crippen LogP contribution in [0.5, 0.6) is 0 Å². The lowest BCUT2D eigenvalue weighted by Crippen LogP contribution is -2.43. The van der Waals surface area contributed by atoms with Crippen molar-refractivity contribution in [2.24, 2.45) is 5.92 Å². The van der Waals surface area contributed by atoms with Gasteiger partial charge in [0.2, 0.25) is 0 Å². The van der Waals surface area contributed by atoms with Gasteiger partial charge in [0.25, 0.3) is 5.91 Å². The van der Waals surface area contributed by atoms with Gasteiger partial charge in [0.1, 0.15) is 0 Å². The minimum Gasteiger partial charge on any atom is -0.334 e. The number of hydrogen-bond acceptors (Lipinski definition) is 2. The van der Waals surface area contributed by atoms with Gasteiger partial charge < -0.3 is 10.2 Å². The lowest BCUT2D eigenvalue weighted by molar-refractivity contribution is 0.0680. The summed E-state index contributed by atoms with van der Waals surface area (Å²) in [5, 5.41) is 3.43. The van der Waals surface area contributed by atoms with Gasteiger partial charge in [0.15, 0.2) is 0 Å². The first-order chi connectivity index (χ1) is 11.3. The average molecular weight is 312 g/mol. The fraction of sp³-hybridized carbons (Fsp3) is 0.650. The summed E-state index contributed by atoms with van der Waals surface area (Å²) in [6, 6.07) is 8.80. The van der Waals surface area contributed by atoms with Crippen molar-refractivity contribution in [3.8, 4) is 0 Å². The first kappa shape index (κ1) is 15.2. The molecule has 3 aliphatic rings. The number of hydrogen-bond donors (Lipinski definition) is 1. The van der Waals surface area contributed by atoms with E-state index >= 15 is 0 Å². The highest BCUT2D eigenvalue weighted by atomic mass is 16.2. The predicted octanol–water partition coefficient (Wildman–Crippen LogP) is 3.56. The molecule has 3 fully saturated rings. The van der Waals surface area contributed by atoms with E-state index in [1.165, 1.54) is 44.1 Å². The molecule has 1 saturated heterocycles. The Bertz CT molecular complexity index is 555. The molecule has 3 heteroatoms. The zero-order valence-electron chi connectivity index (χ0n) is 14.0. The minimum absolute atomic E-state index is 0.285. The molecule has 0 radical (unpaired) electrons. The Kier molecular flexibility index (Phi) is 4.39. The second-order valence-corrected chi connectivity index (χ2v) is 7.62. The van der Waals surface area contributed by atoms with Crippen LogP contribution in [0.3, 0.4) is 0 Å². The van der Waals surface area contributed by atoms with Crippen LogP contribution in [-0.2, 0) is 0 Å². The van der Waals surface area contributed by atoms with E-state index in [0.29, 0.717) is 12.0 Å². The number of amides is 1. The summed E-state index contributed by atoms with van der Waals surface area (Å²) in [6.07, 6.45) is 8.82. The highest BCUT2D eigenvalue weighted by Crippen LogP contribution is 2.37. The average Bonchev–Trinajstić information content (AvgIpc) is 3.07. The lowest BCUT2D eigenvalue weighted by Gasteiger charge is -2.30. The smallest absolute Gasteiger partial charge is 0.254 e. The maximum atomic E-state index is 13.4. The van der Waals surface area contributed by atoms with E-state index < -0.39 is 0 Å². The van der Waals surface area contributed by atoms with Gasteiger partial charge in [-0.05, 0) is 62.1 Å². The largest absolute Gasteiger partial charge is 0.334 e. The van der Waals surface area contributed by atoms with E-state index in [-0.39, 0.29) is 5.91 Å². The van der Waals surface area contributed by atoms with Crippen LogP contribution in [0.2, 0.25) is 0 Å². The molecule has 23 heavy (non-hydrogen) atoms. The highest BCUT2D eigenvalue weighted by molar-refractivity contribution is 5.96. The Morgan fingerprint density at radius 2 is 1.87 bits per heavy atom. The Balaban J connectivity index is 1.60. The molecule has 1 N–H and O–H groups in total. The number of nitrogens with one attached hydrogen (secondary N) is 1. The standard InChI is InChI=1S/C20H28N2O/c23-20(22(14-15-9-10-15)17-11-12-21-13-17)19-8-4-3-7-18(19)16-5-1-2-6-16/h3-4,7-8,15-17,21H,1-2,5-6,9-14H2. The highest BCUT2D eigenvalue weighted by Gasteiger charge is 2.34. The van der Waals surface area contributed by atoms with Crippen molar-refractivity contribution in [2.75, 3.05) is 19.6 Å². The number of nitrogens with zero attached hydrogens (tertiary/aromatic N) is 1. The molecule has 124 valence electrons. The van der Waals surface area contributed by atoms with E-state index in [0.717, 1.165) is 37.5 Å². The van der Waals surface area contributed by atoms with E-state index in [9.17, 15) is 4.79 Å². The van der Waals surface area contributed by atoms with Crippen molar-refractivity contribution >= 4 is 5.91 Å². The Morgan fingerprint density at radius 1 is 1.09 bits per heavy atom. The fourth-order valence-corrected chi connectivity index (χ4v) is 4.32. The normalized spacial score (nSPS) is 25.0. The van der Waals surface area contributed by atoms with Crippen LogP contribution >= 0.6 is 0 Å². The molecular formula is C20H28N2O. The molecule has 1 amide bonds. The van der Waals surface area contributed by atoms with Crippen LogP contribution in [-0.4, -0.2) is 36.5 Å². The van der Waals surface area contributed by atoms with Gasteiger partial charge in [-0.2, -0.15) is 0 Å². The van der Waals surface area contributed by atoms with Crippen LogP contribution in [0.25, 0.3) is 0 Å². The Morgan fingerprint density at radius 3 is 2.57 bits per heavy atom. The summed E-state index contributed by atoms with van der Waals surface area (Å²) in [5.41, 5.74) is 2.29. The zero-order valence-corrected chi connectivity index (χ0v) is 14.0. The van der Waals surface area contributed by atoms with Gasteiger partial charge in [0, 0.05) is 24.7 Å². The first-order valence-electron chi connectivity index (χ1n) is 9.43. The number of carbonyl (C=O) groups excluding carboxylic acids is 1. The molecule has 1 heterocycles. The van der Waals surface area contributed by atoms with Gasteiger partial charge in [-0.15, -0.1) is 0 Å². The summed E-state index contributed by atoms with van der Waals surface area (Å²) >= 11 is 0. The monoisotopic (exact) mass is 312 g/mol. The van der Waals surface area contributed by atoms with Crippen molar-refractivity contribution in [3.63, 3.8) is 0 Å². The lowest BCUT2D eigenvalue weighted by atomic mass is 9.92. The van der Waals surface area contributed by atoms with Gasteiger partial charge in [-0.3, -0.25) is 4.79 Å². The molecule has 1 atom stereocenters. The van der Waals surface area contributed by atoms with Crippen LogP contribution < -0.4 is 5.32 Å². The quantitative estimate of drug-likeness (QED) is 0.901. The third-order valence-electron chi connectivity index (χ3n) is 5.87. The molecule has 1 unspecified atom stereocenters. The zero-order chi connectivity index (χ0) is 15.6. The van der Waals surface area contributed by atoms with Crippen LogP contribution in [0.1, 0.15) is 66.8 Å². The summed E-state index contributed by atoms with van der Waals surface area (Å²) in [6.45, 7) is 2.97. The van der Waals surface area contributed by atoms with Crippen molar-refractivity contribution in [3.05, 3.63) is 35.4 Å². The van der Waals surface area contributed by atoms with E-state index in [1.54, 1.807) is 0 Å². The van der Waals surface area contributed by atoms with E-state index in [1.807, 2.05) is 6.07 Å². The summed E-state index contributed by atoms with van der Waals surface area (Å²) in [4.78, 5) is 15.6. The first-order valence-corrected chi connectivity index (χ1v) is 9.43. The molecule has 3 nitrogen and oxygen atoms in total. The molecule has 1 aromatic carbocycles. The van der Waals surface area contributed by atoms with E-state index in [4.69, 9.17) is 0 Å².